The topological polar surface area (TPSA) is 65.7 Å². The molecule has 2 aromatic carbocycles. The van der Waals surface area contributed by atoms with E-state index in [4.69, 9.17) is 10.00 Å². The summed E-state index contributed by atoms with van der Waals surface area (Å²) in [5, 5.41) is 9.55. The fraction of sp³-hybridized carbons (Fsp3) is 0.250. The van der Waals surface area contributed by atoms with Crippen LogP contribution in [0.1, 0.15) is 18.1 Å². The van der Waals surface area contributed by atoms with Crippen LogP contribution in [0.3, 0.4) is 0 Å². The Labute approximate surface area is 157 Å². The number of rotatable bonds is 4. The van der Waals surface area contributed by atoms with Gasteiger partial charge in [0.2, 0.25) is 0 Å². The van der Waals surface area contributed by atoms with Gasteiger partial charge >= 0.3 is 0 Å². The quantitative estimate of drug-likeness (QED) is 0.824. The SMILES string of the molecule is Cc1ccccc1N=C1SCCN1C(=O)C(C)Oc1ccc(C#N)cc1. The fourth-order valence-corrected chi connectivity index (χ4v) is 3.53. The second kappa shape index (κ2) is 8.07. The molecule has 1 amide bonds. The Morgan fingerprint density at radius 1 is 1.27 bits per heavy atom. The van der Waals surface area contributed by atoms with E-state index in [2.05, 4.69) is 11.1 Å². The number of hydrogen-bond donors (Lipinski definition) is 0. The lowest BCUT2D eigenvalue weighted by Gasteiger charge is -2.21. The fourth-order valence-electron chi connectivity index (χ4n) is 2.57. The highest BCUT2D eigenvalue weighted by Crippen LogP contribution is 2.26. The van der Waals surface area contributed by atoms with Crippen LogP contribution in [0, 0.1) is 18.3 Å². The number of amidine groups is 1. The van der Waals surface area contributed by atoms with Crippen LogP contribution in [0.2, 0.25) is 0 Å². The van der Waals surface area contributed by atoms with E-state index in [0.29, 0.717) is 23.0 Å². The Kier molecular flexibility index (Phi) is 5.59. The molecule has 1 atom stereocenters. The summed E-state index contributed by atoms with van der Waals surface area (Å²) in [4.78, 5) is 19.2. The highest BCUT2D eigenvalue weighted by Gasteiger charge is 2.30. The van der Waals surface area contributed by atoms with Crippen molar-refractivity contribution in [3.8, 4) is 11.8 Å². The van der Waals surface area contributed by atoms with Gasteiger partial charge in [0, 0.05) is 12.3 Å². The summed E-state index contributed by atoms with van der Waals surface area (Å²) in [5.41, 5.74) is 2.50. The maximum Gasteiger partial charge on any atom is 0.269 e. The third-order valence-electron chi connectivity index (χ3n) is 4.02. The molecule has 0 bridgehead atoms. The molecule has 132 valence electrons. The van der Waals surface area contributed by atoms with Gasteiger partial charge in [-0.05, 0) is 49.7 Å². The summed E-state index contributed by atoms with van der Waals surface area (Å²) in [6.07, 6.45) is -0.635. The molecular formula is C20H19N3O2S. The van der Waals surface area contributed by atoms with Crippen LogP contribution in [0.15, 0.2) is 53.5 Å². The molecule has 1 heterocycles. The Morgan fingerprint density at radius 2 is 2.00 bits per heavy atom. The zero-order valence-corrected chi connectivity index (χ0v) is 15.5. The Bertz CT molecular complexity index is 871. The van der Waals surface area contributed by atoms with Gasteiger partial charge < -0.3 is 4.74 Å². The Morgan fingerprint density at radius 3 is 2.69 bits per heavy atom. The van der Waals surface area contributed by atoms with Crippen LogP contribution >= 0.6 is 11.8 Å². The molecule has 0 aliphatic carbocycles. The van der Waals surface area contributed by atoms with Crippen LogP contribution in [0.4, 0.5) is 5.69 Å². The van der Waals surface area contributed by atoms with Gasteiger partial charge in [0.15, 0.2) is 11.3 Å². The highest BCUT2D eigenvalue weighted by atomic mass is 32.2. The average molecular weight is 365 g/mol. The van der Waals surface area contributed by atoms with E-state index in [-0.39, 0.29) is 5.91 Å². The first-order chi connectivity index (χ1) is 12.6. The van der Waals surface area contributed by atoms with Crippen molar-refractivity contribution in [1.29, 1.82) is 5.26 Å². The normalized spacial score (nSPS) is 16.3. The van der Waals surface area contributed by atoms with Crippen molar-refractivity contribution in [2.45, 2.75) is 20.0 Å². The number of nitriles is 1. The minimum absolute atomic E-state index is 0.119. The minimum atomic E-state index is -0.635. The van der Waals surface area contributed by atoms with E-state index >= 15 is 0 Å². The van der Waals surface area contributed by atoms with Crippen molar-refractivity contribution >= 4 is 28.5 Å². The predicted octanol–water partition coefficient (Wildman–Crippen LogP) is 3.90. The molecule has 5 nitrogen and oxygen atoms in total. The van der Waals surface area contributed by atoms with Gasteiger partial charge in [-0.15, -0.1) is 0 Å². The number of thioether (sulfide) groups is 1. The van der Waals surface area contributed by atoms with Gasteiger partial charge in [-0.25, -0.2) is 4.99 Å². The van der Waals surface area contributed by atoms with Gasteiger partial charge in [0.1, 0.15) is 5.75 Å². The Balaban J connectivity index is 1.73. The molecule has 0 aromatic heterocycles. The zero-order valence-electron chi connectivity index (χ0n) is 14.7. The minimum Gasteiger partial charge on any atom is -0.481 e. The largest absolute Gasteiger partial charge is 0.481 e. The molecule has 0 radical (unpaired) electrons. The lowest BCUT2D eigenvalue weighted by Crippen LogP contribution is -2.41. The number of benzene rings is 2. The molecular weight excluding hydrogens is 346 g/mol. The number of nitrogens with zero attached hydrogens (tertiary/aromatic N) is 3. The van der Waals surface area contributed by atoms with Crippen molar-refractivity contribution in [2.75, 3.05) is 12.3 Å². The highest BCUT2D eigenvalue weighted by molar-refractivity contribution is 8.14. The molecule has 6 heteroatoms. The number of para-hydroxylation sites is 1. The maximum absolute atomic E-state index is 12.8. The number of hydrogen-bond acceptors (Lipinski definition) is 5. The second-order valence-corrected chi connectivity index (χ2v) is 6.98. The van der Waals surface area contributed by atoms with E-state index in [1.165, 1.54) is 0 Å². The van der Waals surface area contributed by atoms with Crippen molar-refractivity contribution < 1.29 is 9.53 Å². The molecule has 0 spiro atoms. The standard InChI is InChI=1S/C20H19N3O2S/c1-14-5-3-4-6-18(14)22-20-23(11-12-26-20)19(24)15(2)25-17-9-7-16(13-21)8-10-17/h3-10,15H,11-12H2,1-2H3. The number of carbonyl (C=O) groups excluding carboxylic acids is 1. The third-order valence-corrected chi connectivity index (χ3v) is 4.98. The molecule has 1 aliphatic rings. The molecule has 1 aliphatic heterocycles. The summed E-state index contributed by atoms with van der Waals surface area (Å²) in [6.45, 7) is 4.35. The van der Waals surface area contributed by atoms with E-state index in [0.717, 1.165) is 17.0 Å². The lowest BCUT2D eigenvalue weighted by molar-refractivity contribution is -0.133. The van der Waals surface area contributed by atoms with Gasteiger partial charge in [-0.3, -0.25) is 9.69 Å². The van der Waals surface area contributed by atoms with Crippen molar-refractivity contribution in [2.24, 2.45) is 4.99 Å². The van der Waals surface area contributed by atoms with Crippen LogP contribution in [0.5, 0.6) is 5.75 Å². The maximum atomic E-state index is 12.8. The number of carbonyl (C=O) groups is 1. The molecule has 1 fully saturated rings. The summed E-state index contributed by atoms with van der Waals surface area (Å²) < 4.78 is 5.75. The van der Waals surface area contributed by atoms with E-state index in [1.807, 2.05) is 31.2 Å². The summed E-state index contributed by atoms with van der Waals surface area (Å²) >= 11 is 1.57. The smallest absolute Gasteiger partial charge is 0.269 e. The summed E-state index contributed by atoms with van der Waals surface area (Å²) in [6, 6.07) is 16.7. The number of amides is 1. The average Bonchev–Trinajstić information content (AvgIpc) is 3.11. The molecule has 1 saturated heterocycles. The zero-order chi connectivity index (χ0) is 18.5. The van der Waals surface area contributed by atoms with Crippen molar-refractivity contribution in [1.82, 2.24) is 4.90 Å². The molecule has 26 heavy (non-hydrogen) atoms. The van der Waals surface area contributed by atoms with E-state index in [9.17, 15) is 4.79 Å². The molecule has 0 saturated carbocycles. The first-order valence-corrected chi connectivity index (χ1v) is 9.32. The Hall–Kier alpha value is -2.78. The first-order valence-electron chi connectivity index (χ1n) is 8.34. The van der Waals surface area contributed by atoms with Gasteiger partial charge in [0.05, 0.1) is 17.3 Å². The first kappa shape index (κ1) is 18.0. The van der Waals surface area contributed by atoms with Crippen LogP contribution < -0.4 is 4.74 Å². The monoisotopic (exact) mass is 365 g/mol. The summed E-state index contributed by atoms with van der Waals surface area (Å²) in [5.74, 6) is 1.26. The molecule has 3 rings (SSSR count). The van der Waals surface area contributed by atoms with Crippen LogP contribution in [-0.2, 0) is 4.79 Å². The molecule has 1 unspecified atom stereocenters. The van der Waals surface area contributed by atoms with E-state index < -0.39 is 6.10 Å². The molecule has 0 N–H and O–H groups in total. The van der Waals surface area contributed by atoms with Crippen LogP contribution in [-0.4, -0.2) is 34.4 Å². The van der Waals surface area contributed by atoms with E-state index in [1.54, 1.807) is 47.9 Å². The third kappa shape index (κ3) is 4.06. The lowest BCUT2D eigenvalue weighted by atomic mass is 10.2. The van der Waals surface area contributed by atoms with Crippen molar-refractivity contribution in [3.63, 3.8) is 0 Å². The summed E-state index contributed by atoms with van der Waals surface area (Å²) in [7, 11) is 0. The van der Waals surface area contributed by atoms with Crippen molar-refractivity contribution in [3.05, 3.63) is 59.7 Å². The number of ether oxygens (including phenoxy) is 1. The van der Waals surface area contributed by atoms with Crippen LogP contribution in [0.25, 0.3) is 0 Å². The van der Waals surface area contributed by atoms with Gasteiger partial charge in [-0.2, -0.15) is 5.26 Å². The number of aliphatic imine (C=N–C) groups is 1. The van der Waals surface area contributed by atoms with Gasteiger partial charge in [0.25, 0.3) is 5.91 Å². The molecule has 2 aromatic rings. The predicted molar refractivity (Wildman–Crippen MR) is 104 cm³/mol. The second-order valence-electron chi connectivity index (χ2n) is 5.92. The number of aryl methyl sites for hydroxylation is 1. The van der Waals surface area contributed by atoms with Gasteiger partial charge in [-0.1, -0.05) is 30.0 Å².